The van der Waals surface area contributed by atoms with E-state index in [4.69, 9.17) is 9.47 Å². The van der Waals surface area contributed by atoms with Crippen molar-refractivity contribution in [3.05, 3.63) is 48.0 Å². The zero-order valence-corrected chi connectivity index (χ0v) is 10.2. The minimum Gasteiger partial charge on any atom is -0.430 e. The molecule has 1 aromatic rings. The molecule has 3 nitrogen and oxygen atoms in total. The largest absolute Gasteiger partial charge is 0.509 e. The van der Waals surface area contributed by atoms with Gasteiger partial charge in [0, 0.05) is 5.92 Å². The summed E-state index contributed by atoms with van der Waals surface area (Å²) in [5.74, 6) is 0.352. The van der Waals surface area contributed by atoms with Crippen LogP contribution in [0.15, 0.2) is 36.9 Å². The van der Waals surface area contributed by atoms with Crippen molar-refractivity contribution in [2.24, 2.45) is 0 Å². The second kappa shape index (κ2) is 4.16. The average Bonchev–Trinajstić information content (AvgIpc) is 2.74. The summed E-state index contributed by atoms with van der Waals surface area (Å²) in [7, 11) is 0. The van der Waals surface area contributed by atoms with Crippen LogP contribution in [0.5, 0.6) is 0 Å². The lowest BCUT2D eigenvalue weighted by Gasteiger charge is -2.45. The highest BCUT2D eigenvalue weighted by atomic mass is 16.7. The Balaban J connectivity index is 1.82. The summed E-state index contributed by atoms with van der Waals surface area (Å²) < 4.78 is 10.6. The molecule has 94 valence electrons. The van der Waals surface area contributed by atoms with Gasteiger partial charge in [0.15, 0.2) is 0 Å². The molecule has 2 aliphatic carbocycles. The van der Waals surface area contributed by atoms with Gasteiger partial charge in [-0.05, 0) is 30.4 Å². The summed E-state index contributed by atoms with van der Waals surface area (Å²) in [6.45, 7) is 3.71. The zero-order chi connectivity index (χ0) is 12.6. The summed E-state index contributed by atoms with van der Waals surface area (Å²) in [6, 6.07) is 8.21. The second-order valence-electron chi connectivity index (χ2n) is 4.87. The van der Waals surface area contributed by atoms with Crippen LogP contribution in [0.25, 0.3) is 0 Å². The molecular formula is C15H16O3. The van der Waals surface area contributed by atoms with E-state index in [1.54, 1.807) is 6.08 Å². The van der Waals surface area contributed by atoms with E-state index in [1.165, 1.54) is 5.56 Å². The SMILES string of the molecule is C=CCOC(=O)O[C@@]12CCC[C@@H]1c1ccccc12. The molecule has 0 aromatic heterocycles. The van der Waals surface area contributed by atoms with E-state index in [-0.39, 0.29) is 6.61 Å². The van der Waals surface area contributed by atoms with Crippen molar-refractivity contribution in [1.82, 2.24) is 0 Å². The summed E-state index contributed by atoms with van der Waals surface area (Å²) in [4.78, 5) is 11.7. The molecule has 0 bridgehead atoms. The van der Waals surface area contributed by atoms with E-state index < -0.39 is 11.8 Å². The molecule has 0 radical (unpaired) electrons. The first kappa shape index (κ1) is 11.3. The number of ether oxygens (including phenoxy) is 2. The molecule has 3 heteroatoms. The van der Waals surface area contributed by atoms with Crippen LogP contribution in [0.4, 0.5) is 4.79 Å². The maximum absolute atomic E-state index is 11.7. The van der Waals surface area contributed by atoms with E-state index in [0.717, 1.165) is 24.8 Å². The molecule has 18 heavy (non-hydrogen) atoms. The Bertz CT molecular complexity index is 494. The van der Waals surface area contributed by atoms with E-state index in [9.17, 15) is 4.79 Å². The smallest absolute Gasteiger partial charge is 0.430 e. The number of hydrogen-bond acceptors (Lipinski definition) is 3. The van der Waals surface area contributed by atoms with E-state index in [2.05, 4.69) is 18.7 Å². The minimum atomic E-state index is -0.587. The fraction of sp³-hybridized carbons (Fsp3) is 0.400. The molecule has 1 saturated carbocycles. The Kier molecular flexibility index (Phi) is 2.62. The summed E-state index contributed by atoms with van der Waals surface area (Å²) in [5.41, 5.74) is 2.06. The number of carbonyl (C=O) groups is 1. The van der Waals surface area contributed by atoms with Crippen LogP contribution < -0.4 is 0 Å². The Morgan fingerprint density at radius 2 is 2.33 bits per heavy atom. The predicted octanol–water partition coefficient (Wildman–Crippen LogP) is 3.50. The van der Waals surface area contributed by atoms with Gasteiger partial charge in [-0.2, -0.15) is 0 Å². The highest BCUT2D eigenvalue weighted by Gasteiger charge is 2.57. The monoisotopic (exact) mass is 244 g/mol. The van der Waals surface area contributed by atoms with E-state index in [1.807, 2.05) is 12.1 Å². The van der Waals surface area contributed by atoms with Crippen LogP contribution in [0.1, 0.15) is 36.3 Å². The van der Waals surface area contributed by atoms with Crippen molar-refractivity contribution in [2.45, 2.75) is 30.8 Å². The molecular weight excluding hydrogens is 228 g/mol. The Morgan fingerprint density at radius 3 is 3.17 bits per heavy atom. The molecule has 0 saturated heterocycles. The fourth-order valence-corrected chi connectivity index (χ4v) is 3.30. The maximum atomic E-state index is 11.7. The molecule has 0 amide bonds. The van der Waals surface area contributed by atoms with E-state index >= 15 is 0 Å². The van der Waals surface area contributed by atoms with Crippen molar-refractivity contribution in [3.63, 3.8) is 0 Å². The lowest BCUT2D eigenvalue weighted by molar-refractivity contribution is -0.0580. The van der Waals surface area contributed by atoms with Gasteiger partial charge in [0.2, 0.25) is 0 Å². The predicted molar refractivity (Wildman–Crippen MR) is 67.3 cm³/mol. The number of benzene rings is 1. The van der Waals surface area contributed by atoms with Crippen molar-refractivity contribution in [1.29, 1.82) is 0 Å². The first-order valence-electron chi connectivity index (χ1n) is 6.34. The van der Waals surface area contributed by atoms with Crippen molar-refractivity contribution in [2.75, 3.05) is 6.61 Å². The Morgan fingerprint density at radius 1 is 1.50 bits per heavy atom. The standard InChI is InChI=1S/C15H16O3/c1-2-10-17-14(16)18-15-9-5-8-13(15)11-6-3-4-7-12(11)15/h2-4,6-7,13H,1,5,8-10H2/t13-,15-/m1/s1. The fourth-order valence-electron chi connectivity index (χ4n) is 3.30. The number of fused-ring (bicyclic) bond motifs is 4. The summed E-state index contributed by atoms with van der Waals surface area (Å²) in [6.07, 6.45) is 4.04. The van der Waals surface area contributed by atoms with Crippen LogP contribution in [0.3, 0.4) is 0 Å². The van der Waals surface area contributed by atoms with Gasteiger partial charge in [0.05, 0.1) is 0 Å². The first-order valence-corrected chi connectivity index (χ1v) is 6.34. The molecule has 0 aliphatic heterocycles. The van der Waals surface area contributed by atoms with Gasteiger partial charge in [-0.1, -0.05) is 36.9 Å². The van der Waals surface area contributed by atoms with Gasteiger partial charge in [-0.3, -0.25) is 0 Å². The van der Waals surface area contributed by atoms with Gasteiger partial charge >= 0.3 is 6.16 Å². The molecule has 0 unspecified atom stereocenters. The molecule has 0 heterocycles. The van der Waals surface area contributed by atoms with Gasteiger partial charge in [-0.15, -0.1) is 0 Å². The van der Waals surface area contributed by atoms with Crippen LogP contribution in [0.2, 0.25) is 0 Å². The normalized spacial score (nSPS) is 27.7. The quantitative estimate of drug-likeness (QED) is 0.603. The molecule has 1 aromatic carbocycles. The minimum absolute atomic E-state index is 0.196. The molecule has 0 spiro atoms. The zero-order valence-electron chi connectivity index (χ0n) is 10.2. The van der Waals surface area contributed by atoms with Gasteiger partial charge < -0.3 is 9.47 Å². The summed E-state index contributed by atoms with van der Waals surface area (Å²) >= 11 is 0. The van der Waals surface area contributed by atoms with Crippen molar-refractivity contribution < 1.29 is 14.3 Å². The number of rotatable bonds is 3. The Hall–Kier alpha value is -1.77. The third-order valence-corrected chi connectivity index (χ3v) is 3.98. The third kappa shape index (κ3) is 1.47. The highest BCUT2D eigenvalue weighted by Crippen LogP contribution is 2.61. The Labute approximate surface area is 106 Å². The molecule has 3 rings (SSSR count). The van der Waals surface area contributed by atoms with E-state index in [0.29, 0.717) is 5.92 Å². The highest BCUT2D eigenvalue weighted by molar-refractivity contribution is 5.63. The average molecular weight is 244 g/mol. The van der Waals surface area contributed by atoms with Gasteiger partial charge in [-0.25, -0.2) is 4.79 Å². The molecule has 2 atom stereocenters. The number of hydrogen-bond donors (Lipinski definition) is 0. The maximum Gasteiger partial charge on any atom is 0.509 e. The van der Waals surface area contributed by atoms with Crippen LogP contribution in [-0.4, -0.2) is 12.8 Å². The topological polar surface area (TPSA) is 35.5 Å². The van der Waals surface area contributed by atoms with Crippen LogP contribution >= 0.6 is 0 Å². The van der Waals surface area contributed by atoms with Crippen LogP contribution in [-0.2, 0) is 15.1 Å². The molecule has 1 fully saturated rings. The molecule has 2 aliphatic rings. The summed E-state index contributed by atoms with van der Waals surface area (Å²) in [5, 5.41) is 0. The lowest BCUT2D eigenvalue weighted by atomic mass is 9.66. The van der Waals surface area contributed by atoms with Crippen molar-refractivity contribution in [3.8, 4) is 0 Å². The number of carbonyl (C=O) groups excluding carboxylic acids is 1. The third-order valence-electron chi connectivity index (χ3n) is 3.98. The van der Waals surface area contributed by atoms with Crippen molar-refractivity contribution >= 4 is 6.16 Å². The first-order chi connectivity index (χ1) is 8.78. The van der Waals surface area contributed by atoms with Gasteiger partial charge in [0.1, 0.15) is 12.2 Å². The molecule has 0 N–H and O–H groups in total. The second-order valence-corrected chi connectivity index (χ2v) is 4.87. The van der Waals surface area contributed by atoms with Crippen LogP contribution in [0, 0.1) is 0 Å². The lowest BCUT2D eigenvalue weighted by Crippen LogP contribution is -2.43. The van der Waals surface area contributed by atoms with Gasteiger partial charge in [0.25, 0.3) is 0 Å².